The molecule has 98 valence electrons. The lowest BCUT2D eigenvalue weighted by Gasteiger charge is -2.13. The van der Waals surface area contributed by atoms with Crippen LogP contribution < -0.4 is 11.1 Å². The Morgan fingerprint density at radius 2 is 1.79 bits per heavy atom. The number of rotatable bonds is 3. The molecule has 19 heavy (non-hydrogen) atoms. The third-order valence-electron chi connectivity index (χ3n) is 2.88. The van der Waals surface area contributed by atoms with Gasteiger partial charge in [-0.05, 0) is 24.6 Å². The number of phenols is 1. The lowest BCUT2D eigenvalue weighted by molar-refractivity contribution is -0.117. The molecule has 0 aliphatic rings. The number of benzene rings is 2. The molecule has 2 rings (SSSR count). The molecule has 0 saturated heterocycles. The van der Waals surface area contributed by atoms with Gasteiger partial charge in [0, 0.05) is 0 Å². The molecule has 0 bridgehead atoms. The predicted molar refractivity (Wildman–Crippen MR) is 74.8 cm³/mol. The van der Waals surface area contributed by atoms with E-state index in [1.165, 1.54) is 6.07 Å². The van der Waals surface area contributed by atoms with E-state index in [1.807, 2.05) is 31.2 Å². The SMILES string of the molecule is Cc1ccc(C(N)C(=O)Nc2ccccc2O)cc1. The van der Waals surface area contributed by atoms with Crippen molar-refractivity contribution in [1.82, 2.24) is 0 Å². The molecule has 0 aliphatic heterocycles. The molecule has 0 heterocycles. The van der Waals surface area contributed by atoms with Crippen LogP contribution in [0.5, 0.6) is 5.75 Å². The van der Waals surface area contributed by atoms with E-state index in [0.29, 0.717) is 5.69 Å². The minimum atomic E-state index is -0.764. The van der Waals surface area contributed by atoms with Crippen LogP contribution in [-0.4, -0.2) is 11.0 Å². The van der Waals surface area contributed by atoms with Crippen molar-refractivity contribution in [2.45, 2.75) is 13.0 Å². The maximum atomic E-state index is 12.0. The largest absolute Gasteiger partial charge is 0.506 e. The zero-order valence-corrected chi connectivity index (χ0v) is 10.6. The molecule has 0 saturated carbocycles. The molecule has 0 radical (unpaired) electrons. The summed E-state index contributed by atoms with van der Waals surface area (Å²) < 4.78 is 0. The smallest absolute Gasteiger partial charge is 0.245 e. The number of anilines is 1. The highest BCUT2D eigenvalue weighted by atomic mass is 16.3. The number of nitrogens with one attached hydrogen (secondary N) is 1. The Kier molecular flexibility index (Phi) is 3.82. The van der Waals surface area contributed by atoms with E-state index in [4.69, 9.17) is 5.73 Å². The van der Waals surface area contributed by atoms with Gasteiger partial charge in [-0.1, -0.05) is 42.0 Å². The average molecular weight is 256 g/mol. The number of aromatic hydroxyl groups is 1. The van der Waals surface area contributed by atoms with Crippen LogP contribution >= 0.6 is 0 Å². The summed E-state index contributed by atoms with van der Waals surface area (Å²) in [6.45, 7) is 1.97. The van der Waals surface area contributed by atoms with Crippen molar-refractivity contribution in [3.05, 3.63) is 59.7 Å². The lowest BCUT2D eigenvalue weighted by atomic mass is 10.1. The van der Waals surface area contributed by atoms with Gasteiger partial charge in [0.05, 0.1) is 5.69 Å². The van der Waals surface area contributed by atoms with E-state index in [9.17, 15) is 9.90 Å². The first-order chi connectivity index (χ1) is 9.08. The Balaban J connectivity index is 2.12. The number of para-hydroxylation sites is 2. The van der Waals surface area contributed by atoms with Gasteiger partial charge in [0.2, 0.25) is 5.91 Å². The van der Waals surface area contributed by atoms with Crippen LogP contribution in [0.4, 0.5) is 5.69 Å². The standard InChI is InChI=1S/C15H16N2O2/c1-10-6-8-11(9-7-10)14(16)15(19)17-12-4-2-3-5-13(12)18/h2-9,14,18H,16H2,1H3,(H,17,19). The molecule has 2 aromatic rings. The third-order valence-corrected chi connectivity index (χ3v) is 2.88. The number of amides is 1. The number of phenolic OH excluding ortho intramolecular Hbond substituents is 1. The van der Waals surface area contributed by atoms with Gasteiger partial charge in [-0.2, -0.15) is 0 Å². The first-order valence-corrected chi connectivity index (χ1v) is 5.99. The Hall–Kier alpha value is -2.33. The Morgan fingerprint density at radius 3 is 2.42 bits per heavy atom. The van der Waals surface area contributed by atoms with Gasteiger partial charge in [0.25, 0.3) is 0 Å². The van der Waals surface area contributed by atoms with Crippen LogP contribution in [0.15, 0.2) is 48.5 Å². The van der Waals surface area contributed by atoms with Crippen LogP contribution in [0.2, 0.25) is 0 Å². The summed E-state index contributed by atoms with van der Waals surface area (Å²) >= 11 is 0. The highest BCUT2D eigenvalue weighted by Gasteiger charge is 2.16. The van der Waals surface area contributed by atoms with Crippen LogP contribution in [0.25, 0.3) is 0 Å². The summed E-state index contributed by atoms with van der Waals surface area (Å²) in [5.41, 5.74) is 8.09. The summed E-state index contributed by atoms with van der Waals surface area (Å²) in [5, 5.41) is 12.2. The van der Waals surface area contributed by atoms with Crippen molar-refractivity contribution >= 4 is 11.6 Å². The Bertz CT molecular complexity index is 579. The zero-order chi connectivity index (χ0) is 13.8. The highest BCUT2D eigenvalue weighted by molar-refractivity contribution is 5.96. The van der Waals surface area contributed by atoms with Crippen LogP contribution in [0.3, 0.4) is 0 Å². The molecule has 1 atom stereocenters. The number of hydrogen-bond acceptors (Lipinski definition) is 3. The van der Waals surface area contributed by atoms with Gasteiger partial charge >= 0.3 is 0 Å². The van der Waals surface area contributed by atoms with Gasteiger partial charge in [0.1, 0.15) is 11.8 Å². The topological polar surface area (TPSA) is 75.4 Å². The summed E-state index contributed by atoms with van der Waals surface area (Å²) in [6, 6.07) is 13.2. The quantitative estimate of drug-likeness (QED) is 0.738. The molecule has 4 heteroatoms. The molecule has 0 aromatic heterocycles. The number of carbonyl (C=O) groups excluding carboxylic acids is 1. The van der Waals surface area contributed by atoms with Crippen molar-refractivity contribution in [2.75, 3.05) is 5.32 Å². The summed E-state index contributed by atoms with van der Waals surface area (Å²) in [6.07, 6.45) is 0. The van der Waals surface area contributed by atoms with Gasteiger partial charge in [0.15, 0.2) is 0 Å². The molecule has 2 aromatic carbocycles. The molecular formula is C15H16N2O2. The van der Waals surface area contributed by atoms with Crippen LogP contribution in [-0.2, 0) is 4.79 Å². The van der Waals surface area contributed by atoms with E-state index in [2.05, 4.69) is 5.32 Å². The fourth-order valence-electron chi connectivity index (χ4n) is 1.71. The maximum Gasteiger partial charge on any atom is 0.245 e. The summed E-state index contributed by atoms with van der Waals surface area (Å²) in [5.74, 6) is -0.336. The van der Waals surface area contributed by atoms with E-state index < -0.39 is 6.04 Å². The van der Waals surface area contributed by atoms with Crippen LogP contribution in [0.1, 0.15) is 17.2 Å². The number of nitrogens with two attached hydrogens (primary N) is 1. The van der Waals surface area contributed by atoms with E-state index in [1.54, 1.807) is 18.2 Å². The molecular weight excluding hydrogens is 240 g/mol. The van der Waals surface area contributed by atoms with Gasteiger partial charge in [-0.15, -0.1) is 0 Å². The minimum Gasteiger partial charge on any atom is -0.506 e. The fourth-order valence-corrected chi connectivity index (χ4v) is 1.71. The van der Waals surface area contributed by atoms with Crippen molar-refractivity contribution in [3.8, 4) is 5.75 Å². The Morgan fingerprint density at radius 1 is 1.16 bits per heavy atom. The van der Waals surface area contributed by atoms with Gasteiger partial charge in [-0.25, -0.2) is 0 Å². The van der Waals surface area contributed by atoms with Gasteiger partial charge < -0.3 is 16.2 Å². The predicted octanol–water partition coefficient (Wildman–Crippen LogP) is 2.34. The fraction of sp³-hybridized carbons (Fsp3) is 0.133. The van der Waals surface area contributed by atoms with Gasteiger partial charge in [-0.3, -0.25) is 4.79 Å². The summed E-state index contributed by atoms with van der Waals surface area (Å²) in [4.78, 5) is 12.0. The maximum absolute atomic E-state index is 12.0. The number of carbonyl (C=O) groups is 1. The monoisotopic (exact) mass is 256 g/mol. The molecule has 4 N–H and O–H groups in total. The second kappa shape index (κ2) is 5.54. The number of aryl methyl sites for hydroxylation is 1. The molecule has 0 spiro atoms. The average Bonchev–Trinajstić information content (AvgIpc) is 2.41. The zero-order valence-electron chi connectivity index (χ0n) is 10.6. The first-order valence-electron chi connectivity index (χ1n) is 5.99. The molecule has 0 aliphatic carbocycles. The normalized spacial score (nSPS) is 11.9. The number of hydrogen-bond donors (Lipinski definition) is 3. The van der Waals surface area contributed by atoms with E-state index in [-0.39, 0.29) is 11.7 Å². The first kappa shape index (κ1) is 13.1. The summed E-state index contributed by atoms with van der Waals surface area (Å²) in [7, 11) is 0. The third kappa shape index (κ3) is 3.11. The minimum absolute atomic E-state index is 0.0203. The van der Waals surface area contributed by atoms with E-state index in [0.717, 1.165) is 11.1 Å². The van der Waals surface area contributed by atoms with Crippen molar-refractivity contribution in [2.24, 2.45) is 5.73 Å². The molecule has 0 fully saturated rings. The molecule has 1 unspecified atom stereocenters. The second-order valence-electron chi connectivity index (χ2n) is 4.39. The highest BCUT2D eigenvalue weighted by Crippen LogP contribution is 2.23. The van der Waals surface area contributed by atoms with E-state index >= 15 is 0 Å². The molecule has 4 nitrogen and oxygen atoms in total. The Labute approximate surface area is 111 Å². The van der Waals surface area contributed by atoms with Crippen molar-refractivity contribution in [1.29, 1.82) is 0 Å². The second-order valence-corrected chi connectivity index (χ2v) is 4.39. The van der Waals surface area contributed by atoms with Crippen LogP contribution in [0, 0.1) is 6.92 Å². The van der Waals surface area contributed by atoms with Crippen molar-refractivity contribution in [3.63, 3.8) is 0 Å². The molecule has 1 amide bonds. The van der Waals surface area contributed by atoms with Crippen molar-refractivity contribution < 1.29 is 9.90 Å². The lowest BCUT2D eigenvalue weighted by Crippen LogP contribution is -2.27.